The summed E-state index contributed by atoms with van der Waals surface area (Å²) in [6.07, 6.45) is 0.193. The number of amides is 2. The Morgan fingerprint density at radius 1 is 1.03 bits per heavy atom. The number of nitrogens with one attached hydrogen (secondary N) is 1. The van der Waals surface area contributed by atoms with Gasteiger partial charge in [0.05, 0.1) is 0 Å². The van der Waals surface area contributed by atoms with E-state index in [9.17, 15) is 14.4 Å². The van der Waals surface area contributed by atoms with E-state index in [0.29, 0.717) is 29.8 Å². The second-order valence-corrected chi connectivity index (χ2v) is 9.81. The molecule has 1 aromatic rings. The number of hydrogen-bond donors (Lipinski definition) is 1. The van der Waals surface area contributed by atoms with Gasteiger partial charge in [0.15, 0.2) is 11.3 Å². The van der Waals surface area contributed by atoms with Crippen LogP contribution in [0, 0.1) is 0 Å². The molecule has 2 amide bonds. The number of rotatable bonds is 2. The highest BCUT2D eigenvalue weighted by Gasteiger charge is 2.52. The first-order valence-electron chi connectivity index (χ1n) is 10.1. The molecule has 1 aliphatic rings. The van der Waals surface area contributed by atoms with Gasteiger partial charge < -0.3 is 9.47 Å². The van der Waals surface area contributed by atoms with E-state index in [2.05, 4.69) is 5.43 Å². The van der Waals surface area contributed by atoms with Crippen molar-refractivity contribution < 1.29 is 23.9 Å². The van der Waals surface area contributed by atoms with Crippen LogP contribution in [0.1, 0.15) is 72.8 Å². The zero-order chi connectivity index (χ0) is 22.7. The quantitative estimate of drug-likeness (QED) is 0.628. The molecule has 0 aliphatic heterocycles. The Morgan fingerprint density at radius 2 is 1.63 bits per heavy atom. The van der Waals surface area contributed by atoms with Crippen molar-refractivity contribution in [2.24, 2.45) is 0 Å². The molecule has 1 aromatic carbocycles. The first-order valence-corrected chi connectivity index (χ1v) is 10.5. The minimum atomic E-state index is -1.49. The van der Waals surface area contributed by atoms with Crippen molar-refractivity contribution in [2.45, 2.75) is 84.0 Å². The van der Waals surface area contributed by atoms with Crippen LogP contribution in [0.5, 0.6) is 0 Å². The van der Waals surface area contributed by atoms with Crippen molar-refractivity contribution in [1.29, 1.82) is 0 Å². The van der Waals surface area contributed by atoms with Gasteiger partial charge in [-0.15, -0.1) is 0 Å². The van der Waals surface area contributed by atoms with Crippen LogP contribution >= 0.6 is 11.6 Å². The molecule has 0 saturated heterocycles. The summed E-state index contributed by atoms with van der Waals surface area (Å²) in [4.78, 5) is 39.2. The van der Waals surface area contributed by atoms with Gasteiger partial charge in [-0.1, -0.05) is 29.8 Å². The summed E-state index contributed by atoms with van der Waals surface area (Å²) >= 11 is 6.46. The predicted molar refractivity (Wildman–Crippen MR) is 114 cm³/mol. The number of hydrogen-bond acceptors (Lipinski definition) is 5. The van der Waals surface area contributed by atoms with Crippen LogP contribution in [0.25, 0.3) is 0 Å². The second-order valence-electron chi connectivity index (χ2n) is 9.40. The van der Waals surface area contributed by atoms with Gasteiger partial charge in [-0.2, -0.15) is 5.01 Å². The lowest BCUT2D eigenvalue weighted by Crippen LogP contribution is -2.63. The SMILES string of the molecule is CC(C)(C)OC(=O)NN(C(=O)OC(C)(C)C)[C@]1(c2ccccc2Cl)CCCCC1=O. The van der Waals surface area contributed by atoms with Gasteiger partial charge in [0.25, 0.3) is 0 Å². The smallest absolute Gasteiger partial charge is 0.430 e. The summed E-state index contributed by atoms with van der Waals surface area (Å²) in [7, 11) is 0. The molecule has 1 aliphatic carbocycles. The van der Waals surface area contributed by atoms with Crippen molar-refractivity contribution in [3.63, 3.8) is 0 Å². The molecule has 0 aromatic heterocycles. The van der Waals surface area contributed by atoms with E-state index >= 15 is 0 Å². The molecule has 0 spiro atoms. The van der Waals surface area contributed by atoms with E-state index in [4.69, 9.17) is 21.1 Å². The maximum absolute atomic E-state index is 13.3. The number of Topliss-reactive ketones (excluding diaryl/α,β-unsaturated/α-hetero) is 1. The van der Waals surface area contributed by atoms with Crippen LogP contribution in [0.3, 0.4) is 0 Å². The minimum Gasteiger partial charge on any atom is -0.443 e. The maximum atomic E-state index is 13.3. The van der Waals surface area contributed by atoms with Crippen LogP contribution in [-0.4, -0.2) is 34.2 Å². The van der Waals surface area contributed by atoms with Crippen molar-refractivity contribution >= 4 is 29.6 Å². The first kappa shape index (κ1) is 24.0. The fourth-order valence-corrected chi connectivity index (χ4v) is 3.74. The maximum Gasteiger partial charge on any atom is 0.430 e. The Bertz CT molecular complexity index is 812. The molecule has 1 atom stereocenters. The summed E-state index contributed by atoms with van der Waals surface area (Å²) < 4.78 is 10.9. The van der Waals surface area contributed by atoms with Gasteiger partial charge in [-0.3, -0.25) is 4.79 Å². The molecule has 1 fully saturated rings. The Kier molecular flexibility index (Phi) is 7.07. The highest BCUT2D eigenvalue weighted by atomic mass is 35.5. The molecule has 8 heteroatoms. The van der Waals surface area contributed by atoms with Gasteiger partial charge in [0, 0.05) is 17.0 Å². The third kappa shape index (κ3) is 5.65. The summed E-state index contributed by atoms with van der Waals surface area (Å²) in [5.41, 5.74) is -0.203. The van der Waals surface area contributed by atoms with Crippen LogP contribution in [0.2, 0.25) is 5.02 Å². The first-order chi connectivity index (χ1) is 13.8. The molecular formula is C22H31ClN2O5. The second kappa shape index (κ2) is 8.84. The average molecular weight is 439 g/mol. The number of hydrazine groups is 1. The zero-order valence-corrected chi connectivity index (χ0v) is 19.3. The molecular weight excluding hydrogens is 408 g/mol. The summed E-state index contributed by atoms with van der Waals surface area (Å²) in [5, 5.41) is 1.29. The number of nitrogens with zero attached hydrogens (tertiary/aromatic N) is 1. The number of carbonyl (C=O) groups excluding carboxylic acids is 3. The van der Waals surface area contributed by atoms with Crippen molar-refractivity contribution in [2.75, 3.05) is 0 Å². The van der Waals surface area contributed by atoms with Crippen molar-refractivity contribution in [3.8, 4) is 0 Å². The number of carbonyl (C=O) groups is 3. The van der Waals surface area contributed by atoms with Crippen molar-refractivity contribution in [3.05, 3.63) is 34.9 Å². The summed E-state index contributed by atoms with van der Waals surface area (Å²) in [6, 6.07) is 6.83. The highest BCUT2D eigenvalue weighted by Crippen LogP contribution is 2.42. The Hall–Kier alpha value is -2.28. The molecule has 2 rings (SSSR count). The van der Waals surface area contributed by atoms with Gasteiger partial charge >= 0.3 is 12.2 Å². The molecule has 0 bridgehead atoms. The van der Waals surface area contributed by atoms with Gasteiger partial charge in [-0.05, 0) is 66.9 Å². The van der Waals surface area contributed by atoms with Gasteiger partial charge in [0.2, 0.25) is 0 Å². The lowest BCUT2D eigenvalue weighted by molar-refractivity contribution is -0.137. The normalized spacial score (nSPS) is 19.8. The lowest BCUT2D eigenvalue weighted by atomic mass is 9.75. The number of benzene rings is 1. The van der Waals surface area contributed by atoms with Crippen LogP contribution in [0.4, 0.5) is 9.59 Å². The molecule has 0 radical (unpaired) electrons. The number of halogens is 1. The molecule has 1 saturated carbocycles. The van der Waals surface area contributed by atoms with Gasteiger partial charge in [0.1, 0.15) is 11.2 Å². The molecule has 0 heterocycles. The number of ether oxygens (including phenoxy) is 2. The summed E-state index contributed by atoms with van der Waals surface area (Å²) in [5.74, 6) is -0.219. The standard InChI is InChI=1S/C22H31ClN2O5/c1-20(2,3)29-18(27)24-25(19(28)30-21(4,5)6)22(14-10-9-13-17(22)26)15-11-7-8-12-16(15)23/h7-8,11-12H,9-10,13-14H2,1-6H3,(H,24,27)/t22-/m0/s1. The Balaban J connectivity index is 2.60. The molecule has 1 N–H and O–H groups in total. The van der Waals surface area contributed by atoms with Crippen LogP contribution in [-0.2, 0) is 19.8 Å². The average Bonchev–Trinajstić information content (AvgIpc) is 2.58. The monoisotopic (exact) mass is 438 g/mol. The van der Waals surface area contributed by atoms with Crippen LogP contribution in [0.15, 0.2) is 24.3 Å². The molecule has 0 unspecified atom stereocenters. The van der Waals surface area contributed by atoms with E-state index in [1.165, 1.54) is 0 Å². The minimum absolute atomic E-state index is 0.219. The number of ketones is 1. The fourth-order valence-electron chi connectivity index (χ4n) is 3.45. The topological polar surface area (TPSA) is 84.9 Å². The third-order valence-corrected chi connectivity index (χ3v) is 4.86. The Labute approximate surface area is 183 Å². The molecule has 166 valence electrons. The third-order valence-electron chi connectivity index (χ3n) is 4.53. The molecule has 30 heavy (non-hydrogen) atoms. The lowest BCUT2D eigenvalue weighted by Gasteiger charge is -2.45. The van der Waals surface area contributed by atoms with E-state index in [-0.39, 0.29) is 12.2 Å². The summed E-state index contributed by atoms with van der Waals surface area (Å²) in [6.45, 7) is 10.3. The van der Waals surface area contributed by atoms with Crippen LogP contribution < -0.4 is 5.43 Å². The Morgan fingerprint density at radius 3 is 2.17 bits per heavy atom. The molecule has 7 nitrogen and oxygen atoms in total. The van der Waals surface area contributed by atoms with E-state index in [0.717, 1.165) is 5.01 Å². The fraction of sp³-hybridized carbons (Fsp3) is 0.591. The van der Waals surface area contributed by atoms with E-state index in [1.807, 2.05) is 0 Å². The largest absolute Gasteiger partial charge is 0.443 e. The van der Waals surface area contributed by atoms with Crippen molar-refractivity contribution in [1.82, 2.24) is 10.4 Å². The van der Waals surface area contributed by atoms with E-state index in [1.54, 1.807) is 65.8 Å². The predicted octanol–water partition coefficient (Wildman–Crippen LogP) is 5.36. The zero-order valence-electron chi connectivity index (χ0n) is 18.5. The highest BCUT2D eigenvalue weighted by molar-refractivity contribution is 6.31. The van der Waals surface area contributed by atoms with E-state index < -0.39 is 28.9 Å². The van der Waals surface area contributed by atoms with Gasteiger partial charge in [-0.25, -0.2) is 15.0 Å².